The lowest BCUT2D eigenvalue weighted by Crippen LogP contribution is -2.39. The highest BCUT2D eigenvalue weighted by atomic mass is 35.5. The molecule has 25 heavy (non-hydrogen) atoms. The smallest absolute Gasteiger partial charge is 0.191 e. The minimum atomic E-state index is 0.760. The molecule has 1 aromatic carbocycles. The summed E-state index contributed by atoms with van der Waals surface area (Å²) in [5.74, 6) is 0.811. The molecule has 7 heteroatoms. The number of nitrogens with zero attached hydrogens (tertiary/aromatic N) is 2. The van der Waals surface area contributed by atoms with Crippen molar-refractivity contribution in [1.29, 1.82) is 0 Å². The summed E-state index contributed by atoms with van der Waals surface area (Å²) in [5, 5.41) is 9.77. The molecule has 3 N–H and O–H groups in total. The largest absolute Gasteiger partial charge is 0.361 e. The summed E-state index contributed by atoms with van der Waals surface area (Å²) in [4.78, 5) is 13.2. The lowest BCUT2D eigenvalue weighted by molar-refractivity contribution is 0.783. The molecule has 0 fully saturated rings. The van der Waals surface area contributed by atoms with E-state index in [1.807, 2.05) is 30.6 Å². The third-order valence-electron chi connectivity index (χ3n) is 3.94. The van der Waals surface area contributed by atoms with Crippen LogP contribution in [0.15, 0.2) is 35.6 Å². The highest BCUT2D eigenvalue weighted by Crippen LogP contribution is 2.22. The average Bonchev–Trinajstić information content (AvgIpc) is 3.19. The molecule has 0 saturated carbocycles. The molecule has 0 aliphatic heterocycles. The van der Waals surface area contributed by atoms with Gasteiger partial charge in [0.1, 0.15) is 0 Å². The Morgan fingerprint density at radius 3 is 2.80 bits per heavy atom. The fourth-order valence-corrected chi connectivity index (χ4v) is 3.66. The predicted octanol–water partition coefficient (Wildman–Crippen LogP) is 3.54. The Kier molecular flexibility index (Phi) is 5.94. The molecule has 0 spiro atoms. The summed E-state index contributed by atoms with van der Waals surface area (Å²) < 4.78 is 0. The van der Waals surface area contributed by atoms with E-state index in [0.29, 0.717) is 0 Å². The first-order valence-electron chi connectivity index (χ1n) is 8.27. The summed E-state index contributed by atoms with van der Waals surface area (Å²) >= 11 is 7.84. The maximum atomic E-state index is 6.10. The van der Waals surface area contributed by atoms with E-state index in [0.717, 1.165) is 47.4 Å². The zero-order chi connectivity index (χ0) is 17.6. The van der Waals surface area contributed by atoms with Crippen LogP contribution in [0.25, 0.3) is 10.9 Å². The summed E-state index contributed by atoms with van der Waals surface area (Å²) in [6, 6.07) is 5.92. The number of guanidine groups is 1. The van der Waals surface area contributed by atoms with Gasteiger partial charge in [-0.1, -0.05) is 11.6 Å². The van der Waals surface area contributed by atoms with Crippen molar-refractivity contribution in [2.24, 2.45) is 4.99 Å². The molecule has 0 atom stereocenters. The van der Waals surface area contributed by atoms with Crippen molar-refractivity contribution >= 4 is 39.8 Å². The molecule has 0 aliphatic carbocycles. The number of aromatic nitrogens is 2. The van der Waals surface area contributed by atoms with Gasteiger partial charge in [0.25, 0.3) is 0 Å². The summed E-state index contributed by atoms with van der Waals surface area (Å²) in [6.45, 7) is 3.69. The number of aryl methyl sites for hydroxylation is 1. The first-order valence-corrected chi connectivity index (χ1v) is 9.46. The standard InChI is InChI=1S/C18H22ClN5S/c1-12-10-24-17(25-12)6-8-22-18(20-2)21-7-5-13-11-23-16-4-3-14(19)9-15(13)16/h3-4,9-11,23H,5-8H2,1-2H3,(H2,20,21,22). The zero-order valence-electron chi connectivity index (χ0n) is 14.4. The van der Waals surface area contributed by atoms with Gasteiger partial charge >= 0.3 is 0 Å². The van der Waals surface area contributed by atoms with Crippen molar-refractivity contribution in [3.05, 3.63) is 51.1 Å². The number of nitrogens with one attached hydrogen (secondary N) is 3. The topological polar surface area (TPSA) is 65.1 Å². The molecule has 5 nitrogen and oxygen atoms in total. The van der Waals surface area contributed by atoms with Gasteiger partial charge in [0.2, 0.25) is 0 Å². The molecule has 0 aliphatic rings. The number of halogens is 1. The molecule has 0 bridgehead atoms. The van der Waals surface area contributed by atoms with Crippen molar-refractivity contribution < 1.29 is 0 Å². The van der Waals surface area contributed by atoms with Gasteiger partial charge in [-0.3, -0.25) is 4.99 Å². The molecule has 0 saturated heterocycles. The Morgan fingerprint density at radius 2 is 2.08 bits per heavy atom. The van der Waals surface area contributed by atoms with Crippen LogP contribution in [-0.2, 0) is 12.8 Å². The number of hydrogen-bond acceptors (Lipinski definition) is 3. The number of fused-ring (bicyclic) bond motifs is 1. The normalized spacial score (nSPS) is 11.9. The fraction of sp³-hybridized carbons (Fsp3) is 0.333. The number of rotatable bonds is 6. The van der Waals surface area contributed by atoms with Gasteiger partial charge < -0.3 is 15.6 Å². The third-order valence-corrected chi connectivity index (χ3v) is 5.15. The first-order chi connectivity index (χ1) is 12.2. The minimum Gasteiger partial charge on any atom is -0.361 e. The van der Waals surface area contributed by atoms with Crippen LogP contribution in [0.4, 0.5) is 0 Å². The van der Waals surface area contributed by atoms with Gasteiger partial charge in [-0.2, -0.15) is 0 Å². The van der Waals surface area contributed by atoms with E-state index in [-0.39, 0.29) is 0 Å². The van der Waals surface area contributed by atoms with Gasteiger partial charge in [-0.05, 0) is 37.1 Å². The van der Waals surface area contributed by atoms with Gasteiger partial charge in [0.05, 0.1) is 5.01 Å². The van der Waals surface area contributed by atoms with Crippen molar-refractivity contribution in [1.82, 2.24) is 20.6 Å². The molecule has 0 amide bonds. The lowest BCUT2D eigenvalue weighted by atomic mass is 10.1. The summed E-state index contributed by atoms with van der Waals surface area (Å²) in [5.41, 5.74) is 2.36. The lowest BCUT2D eigenvalue weighted by Gasteiger charge is -2.11. The van der Waals surface area contributed by atoms with Gasteiger partial charge in [-0.25, -0.2) is 4.98 Å². The minimum absolute atomic E-state index is 0.760. The third kappa shape index (κ3) is 4.74. The van der Waals surface area contributed by atoms with Crippen LogP contribution < -0.4 is 10.6 Å². The number of aromatic amines is 1. The first kappa shape index (κ1) is 17.8. The molecule has 0 radical (unpaired) electrons. The quantitative estimate of drug-likeness (QED) is 0.456. The van der Waals surface area contributed by atoms with Crippen LogP contribution in [0.2, 0.25) is 5.02 Å². The fourth-order valence-electron chi connectivity index (χ4n) is 2.70. The molecule has 3 aromatic rings. The van der Waals surface area contributed by atoms with E-state index in [9.17, 15) is 0 Å². The second kappa shape index (κ2) is 8.36. The zero-order valence-corrected chi connectivity index (χ0v) is 16.0. The summed E-state index contributed by atoms with van der Waals surface area (Å²) in [6.07, 6.45) is 5.76. The molecule has 2 heterocycles. The molecule has 0 unspecified atom stereocenters. The van der Waals surface area contributed by atoms with E-state index in [2.05, 4.69) is 32.5 Å². The second-order valence-corrected chi connectivity index (χ2v) is 7.55. The maximum Gasteiger partial charge on any atom is 0.191 e. The molecular weight excluding hydrogens is 354 g/mol. The van der Waals surface area contributed by atoms with Gasteiger partial charge in [0.15, 0.2) is 5.96 Å². The number of H-pyrrole nitrogens is 1. The predicted molar refractivity (Wildman–Crippen MR) is 107 cm³/mol. The Balaban J connectivity index is 1.47. The van der Waals surface area contributed by atoms with E-state index >= 15 is 0 Å². The number of aliphatic imine (C=N–C) groups is 1. The van der Waals surface area contributed by atoms with Crippen LogP contribution in [0.5, 0.6) is 0 Å². The van der Waals surface area contributed by atoms with Crippen LogP contribution in [-0.4, -0.2) is 36.1 Å². The van der Waals surface area contributed by atoms with Crippen LogP contribution >= 0.6 is 22.9 Å². The van der Waals surface area contributed by atoms with Crippen LogP contribution in [0, 0.1) is 6.92 Å². The number of hydrogen-bond donors (Lipinski definition) is 3. The number of benzene rings is 1. The van der Waals surface area contributed by atoms with Crippen molar-refractivity contribution in [3.63, 3.8) is 0 Å². The maximum absolute atomic E-state index is 6.10. The SMILES string of the molecule is CN=C(NCCc1ncc(C)s1)NCCc1c[nH]c2ccc(Cl)cc12. The van der Waals surface area contributed by atoms with Crippen molar-refractivity contribution in [3.8, 4) is 0 Å². The van der Waals surface area contributed by atoms with Gasteiger partial charge in [0, 0.05) is 59.8 Å². The van der Waals surface area contributed by atoms with Gasteiger partial charge in [-0.15, -0.1) is 11.3 Å². The Morgan fingerprint density at radius 1 is 1.28 bits per heavy atom. The summed E-state index contributed by atoms with van der Waals surface area (Å²) in [7, 11) is 1.79. The highest BCUT2D eigenvalue weighted by molar-refractivity contribution is 7.11. The Labute approximate surface area is 156 Å². The van der Waals surface area contributed by atoms with E-state index in [1.165, 1.54) is 15.8 Å². The molecular formula is C18H22ClN5S. The molecule has 2 aromatic heterocycles. The van der Waals surface area contributed by atoms with Crippen molar-refractivity contribution in [2.75, 3.05) is 20.1 Å². The Bertz CT molecular complexity index is 867. The van der Waals surface area contributed by atoms with Crippen LogP contribution in [0.1, 0.15) is 15.4 Å². The van der Waals surface area contributed by atoms with E-state index in [4.69, 9.17) is 11.6 Å². The van der Waals surface area contributed by atoms with E-state index in [1.54, 1.807) is 18.4 Å². The van der Waals surface area contributed by atoms with E-state index < -0.39 is 0 Å². The van der Waals surface area contributed by atoms with Crippen LogP contribution in [0.3, 0.4) is 0 Å². The Hall–Kier alpha value is -2.05. The average molecular weight is 376 g/mol. The monoisotopic (exact) mass is 375 g/mol. The molecule has 132 valence electrons. The van der Waals surface area contributed by atoms with Crippen molar-refractivity contribution in [2.45, 2.75) is 19.8 Å². The second-order valence-electron chi connectivity index (χ2n) is 5.79. The number of thiazole rings is 1. The molecule has 3 rings (SSSR count). The highest BCUT2D eigenvalue weighted by Gasteiger charge is 2.05.